The van der Waals surface area contributed by atoms with Gasteiger partial charge in [-0.25, -0.2) is 0 Å². The lowest BCUT2D eigenvalue weighted by atomic mass is 9.77. The second-order valence-corrected chi connectivity index (χ2v) is 17.8. The van der Waals surface area contributed by atoms with E-state index in [0.29, 0.717) is 29.7 Å². The number of aromatic hydroxyl groups is 1. The minimum absolute atomic E-state index is 0.189. The van der Waals surface area contributed by atoms with Gasteiger partial charge in [0.1, 0.15) is 11.5 Å². The molecule has 2 aliphatic carbocycles. The van der Waals surface area contributed by atoms with Gasteiger partial charge in [-0.1, -0.05) is 101 Å². The lowest BCUT2D eigenvalue weighted by Gasteiger charge is -2.28. The molecule has 0 amide bonds. The average molecular weight is 853 g/mol. The van der Waals surface area contributed by atoms with Crippen molar-refractivity contribution in [1.29, 1.82) is 10.5 Å². The maximum atomic E-state index is 12.0. The van der Waals surface area contributed by atoms with Crippen molar-refractivity contribution in [3.05, 3.63) is 130 Å². The van der Waals surface area contributed by atoms with E-state index in [-0.39, 0.29) is 11.7 Å². The van der Waals surface area contributed by atoms with Gasteiger partial charge >= 0.3 is 11.9 Å². The fourth-order valence-electron chi connectivity index (χ4n) is 9.17. The van der Waals surface area contributed by atoms with E-state index >= 15 is 0 Å². The van der Waals surface area contributed by atoms with Crippen molar-refractivity contribution in [3.8, 4) is 23.6 Å². The molecular weight excluding hydrogens is 781 g/mol. The number of carboxylic acid groups (broad SMARTS) is 1. The largest absolute Gasteiger partial charge is 0.508 e. The highest BCUT2D eigenvalue weighted by atomic mass is 16.5. The predicted molar refractivity (Wildman–Crippen MR) is 254 cm³/mol. The van der Waals surface area contributed by atoms with Gasteiger partial charge in [-0.3, -0.25) is 9.59 Å². The number of aryl methyl sites for hydroxylation is 2. The Hall–Kier alpha value is -5.40. The predicted octanol–water partition coefficient (Wildman–Crippen LogP) is 14.6. The van der Waals surface area contributed by atoms with Gasteiger partial charge in [0.15, 0.2) is 0 Å². The molecule has 63 heavy (non-hydrogen) atoms. The van der Waals surface area contributed by atoms with Crippen LogP contribution in [0.15, 0.2) is 97.1 Å². The fourth-order valence-corrected chi connectivity index (χ4v) is 9.17. The molecule has 7 heteroatoms. The molecule has 0 heterocycles. The Kier molecular flexibility index (Phi) is 23.2. The molecule has 6 rings (SSSR count). The second kappa shape index (κ2) is 29.1. The van der Waals surface area contributed by atoms with Gasteiger partial charge in [0.25, 0.3) is 0 Å². The van der Waals surface area contributed by atoms with E-state index in [4.69, 9.17) is 25.5 Å². The van der Waals surface area contributed by atoms with Crippen LogP contribution in [0, 0.1) is 34.5 Å². The van der Waals surface area contributed by atoms with Crippen LogP contribution in [-0.4, -0.2) is 22.2 Å². The zero-order valence-corrected chi connectivity index (χ0v) is 38.1. The number of esters is 1. The number of ether oxygens (including phenoxy) is 1. The third-order valence-electron chi connectivity index (χ3n) is 12.9. The molecule has 2 aliphatic rings. The molecule has 0 saturated heterocycles. The standard InChI is InChI=1S/C28H35NO2.C21H32O2.C7H5NO/c1-2-6-22-9-15-25(16-10-22)26-17-11-23(12-18-26)7-4-3-5-8-28(30)31-27-19-13-24(21-29)14-20-27;1-2-6-17-9-13-19(14-10-17)20-15-11-18(12-16-20)7-4-3-5-8-21(22)23;8-5-6-1-3-7(9)4-2-6/h11-14,17-20,22,25H,2-10,15-16H2,1H3;11-12,15-17,19H,2-10,13-14H2,1H3,(H,22,23);1-4,9H. The maximum Gasteiger partial charge on any atom is 0.311 e. The summed E-state index contributed by atoms with van der Waals surface area (Å²) in [4.78, 5) is 22.4. The summed E-state index contributed by atoms with van der Waals surface area (Å²) >= 11 is 0. The number of unbranched alkanes of at least 4 members (excludes halogenated alkanes) is 4. The number of aliphatic carboxylic acids is 1. The Morgan fingerprint density at radius 1 is 0.556 bits per heavy atom. The van der Waals surface area contributed by atoms with E-state index in [1.165, 1.54) is 111 Å². The SMILES string of the molecule is CCCC1CCC(c2ccc(CCCCCC(=O)O)cc2)CC1.CCCC1CCC(c2ccc(CCCCCC(=O)Oc3ccc(C#N)cc3)cc2)CC1.N#Cc1ccc(O)cc1. The third-order valence-corrected chi connectivity index (χ3v) is 12.9. The first-order chi connectivity index (χ1) is 30.7. The Morgan fingerprint density at radius 2 is 0.968 bits per heavy atom. The Labute approximate surface area is 378 Å². The van der Waals surface area contributed by atoms with E-state index < -0.39 is 5.97 Å². The van der Waals surface area contributed by atoms with Crippen molar-refractivity contribution < 1.29 is 24.5 Å². The highest BCUT2D eigenvalue weighted by Gasteiger charge is 2.23. The van der Waals surface area contributed by atoms with Crippen molar-refractivity contribution in [3.63, 3.8) is 0 Å². The Bertz CT molecular complexity index is 1960. The first-order valence-electron chi connectivity index (χ1n) is 24.0. The fraction of sp³-hybridized carbons (Fsp3) is 0.500. The summed E-state index contributed by atoms with van der Waals surface area (Å²) in [5, 5.41) is 34.5. The van der Waals surface area contributed by atoms with Crippen LogP contribution in [-0.2, 0) is 22.4 Å². The number of carbonyl (C=O) groups excluding carboxylic acids is 1. The van der Waals surface area contributed by atoms with Crippen LogP contribution in [0.4, 0.5) is 0 Å². The molecule has 4 aromatic rings. The van der Waals surface area contributed by atoms with Gasteiger partial charge in [-0.05, 0) is 184 Å². The van der Waals surface area contributed by atoms with Crippen LogP contribution >= 0.6 is 0 Å². The Morgan fingerprint density at radius 3 is 1.37 bits per heavy atom. The zero-order valence-electron chi connectivity index (χ0n) is 38.1. The molecule has 2 saturated carbocycles. The highest BCUT2D eigenvalue weighted by molar-refractivity contribution is 5.72. The van der Waals surface area contributed by atoms with Gasteiger partial charge in [0.2, 0.25) is 0 Å². The summed E-state index contributed by atoms with van der Waals surface area (Å²) in [6.07, 6.45) is 25.2. The number of carbonyl (C=O) groups is 2. The number of hydrogen-bond acceptors (Lipinski definition) is 6. The van der Waals surface area contributed by atoms with E-state index in [2.05, 4.69) is 68.4 Å². The van der Waals surface area contributed by atoms with Gasteiger partial charge in [-0.2, -0.15) is 10.5 Å². The topological polar surface area (TPSA) is 131 Å². The molecule has 7 nitrogen and oxygen atoms in total. The number of phenols is 1. The monoisotopic (exact) mass is 853 g/mol. The van der Waals surface area contributed by atoms with Crippen molar-refractivity contribution in [1.82, 2.24) is 0 Å². The lowest BCUT2D eigenvalue weighted by Crippen LogP contribution is -2.13. The minimum atomic E-state index is -0.678. The second-order valence-electron chi connectivity index (χ2n) is 17.8. The Balaban J connectivity index is 0.000000237. The number of rotatable bonds is 19. The number of benzene rings is 4. The third kappa shape index (κ3) is 19.7. The molecule has 2 fully saturated rings. The summed E-state index contributed by atoms with van der Waals surface area (Å²) in [7, 11) is 0. The summed E-state index contributed by atoms with van der Waals surface area (Å²) in [5.41, 5.74) is 6.95. The molecule has 0 atom stereocenters. The summed E-state index contributed by atoms with van der Waals surface area (Å²) < 4.78 is 5.32. The van der Waals surface area contributed by atoms with Crippen LogP contribution < -0.4 is 4.74 Å². The minimum Gasteiger partial charge on any atom is -0.508 e. The normalized spacial score (nSPS) is 18.0. The van der Waals surface area contributed by atoms with Crippen LogP contribution in [0.3, 0.4) is 0 Å². The molecule has 0 spiro atoms. The smallest absolute Gasteiger partial charge is 0.311 e. The number of carboxylic acids is 1. The molecule has 0 aromatic heterocycles. The van der Waals surface area contributed by atoms with Crippen molar-refractivity contribution in [2.45, 2.75) is 167 Å². The lowest BCUT2D eigenvalue weighted by molar-refractivity contribution is -0.137. The first-order valence-corrected chi connectivity index (χ1v) is 24.0. The van der Waals surface area contributed by atoms with Gasteiger partial charge in [0, 0.05) is 12.8 Å². The number of phenolic OH excluding ortho intramolecular Hbond substituents is 1. The highest BCUT2D eigenvalue weighted by Crippen LogP contribution is 2.38. The maximum absolute atomic E-state index is 12.0. The van der Waals surface area contributed by atoms with Crippen LogP contribution in [0.25, 0.3) is 0 Å². The van der Waals surface area contributed by atoms with Crippen molar-refractivity contribution in [2.75, 3.05) is 0 Å². The van der Waals surface area contributed by atoms with E-state index in [0.717, 1.165) is 75.0 Å². The van der Waals surface area contributed by atoms with E-state index in [1.54, 1.807) is 36.4 Å². The van der Waals surface area contributed by atoms with Gasteiger partial charge in [0.05, 0.1) is 23.3 Å². The van der Waals surface area contributed by atoms with E-state index in [1.807, 2.05) is 6.07 Å². The van der Waals surface area contributed by atoms with Gasteiger partial charge in [-0.15, -0.1) is 0 Å². The quantitative estimate of drug-likeness (QED) is 0.0545. The summed E-state index contributed by atoms with van der Waals surface area (Å²) in [5.74, 6) is 3.27. The van der Waals surface area contributed by atoms with Crippen LogP contribution in [0.2, 0.25) is 0 Å². The number of hydrogen-bond donors (Lipinski definition) is 2. The molecular formula is C56H72N2O5. The van der Waals surface area contributed by atoms with Crippen LogP contribution in [0.5, 0.6) is 11.5 Å². The first kappa shape index (κ1) is 50.2. The van der Waals surface area contributed by atoms with Crippen LogP contribution in [0.1, 0.15) is 187 Å². The molecule has 0 aliphatic heterocycles. The number of nitrogens with zero attached hydrogens (tertiary/aromatic N) is 2. The van der Waals surface area contributed by atoms with Crippen molar-refractivity contribution in [2.24, 2.45) is 11.8 Å². The van der Waals surface area contributed by atoms with E-state index in [9.17, 15) is 9.59 Å². The molecule has 336 valence electrons. The summed E-state index contributed by atoms with van der Waals surface area (Å²) in [6.45, 7) is 4.60. The molecule has 4 aromatic carbocycles. The van der Waals surface area contributed by atoms with Gasteiger partial charge < -0.3 is 14.9 Å². The molecule has 0 bridgehead atoms. The summed E-state index contributed by atoms with van der Waals surface area (Å²) in [6, 6.07) is 35.2. The zero-order chi connectivity index (χ0) is 45.1. The van der Waals surface area contributed by atoms with Crippen molar-refractivity contribution >= 4 is 11.9 Å². The molecule has 0 unspecified atom stereocenters. The number of nitriles is 2. The molecule has 2 N–H and O–H groups in total. The average Bonchev–Trinajstić information content (AvgIpc) is 3.31. The molecule has 0 radical (unpaired) electrons.